The second-order valence-electron chi connectivity index (χ2n) is 4.89. The van der Waals surface area contributed by atoms with Crippen LogP contribution in [0.15, 0.2) is 24.3 Å². The zero-order chi connectivity index (χ0) is 13.0. The molecular formula is C14H20N2O2. The quantitative estimate of drug-likeness (QED) is 0.854. The van der Waals surface area contributed by atoms with E-state index in [-0.39, 0.29) is 12.5 Å². The molecule has 4 nitrogen and oxygen atoms in total. The first-order valence-electron chi connectivity index (χ1n) is 6.42. The number of carboxylic acids is 1. The van der Waals surface area contributed by atoms with Gasteiger partial charge in [0.1, 0.15) is 0 Å². The van der Waals surface area contributed by atoms with Crippen LogP contribution in [0.1, 0.15) is 18.4 Å². The average molecular weight is 248 g/mol. The molecule has 1 unspecified atom stereocenters. The molecule has 0 saturated carbocycles. The van der Waals surface area contributed by atoms with E-state index in [1.807, 2.05) is 0 Å². The topological polar surface area (TPSA) is 52.6 Å². The first kappa shape index (κ1) is 12.9. The first-order chi connectivity index (χ1) is 8.65. The summed E-state index contributed by atoms with van der Waals surface area (Å²) in [4.78, 5) is 13.1. The fourth-order valence-electron chi connectivity index (χ4n) is 2.40. The van der Waals surface area contributed by atoms with E-state index in [0.29, 0.717) is 0 Å². The Hall–Kier alpha value is -1.55. The lowest BCUT2D eigenvalue weighted by molar-refractivity contribution is -0.137. The zero-order valence-electron chi connectivity index (χ0n) is 10.7. The molecule has 0 aromatic heterocycles. The van der Waals surface area contributed by atoms with Gasteiger partial charge in [0.25, 0.3) is 0 Å². The summed E-state index contributed by atoms with van der Waals surface area (Å²) in [5.74, 6) is -0.737. The lowest BCUT2D eigenvalue weighted by Crippen LogP contribution is -2.39. The Kier molecular flexibility index (Phi) is 4.20. The summed E-state index contributed by atoms with van der Waals surface area (Å²) in [6.07, 6.45) is 1.23. The maximum Gasteiger partial charge on any atom is 0.304 e. The van der Waals surface area contributed by atoms with Crippen molar-refractivity contribution in [3.63, 3.8) is 0 Å². The van der Waals surface area contributed by atoms with Crippen molar-refractivity contribution < 1.29 is 9.90 Å². The van der Waals surface area contributed by atoms with Crippen LogP contribution in [0.5, 0.6) is 0 Å². The second kappa shape index (κ2) is 5.87. The highest BCUT2D eigenvalue weighted by Crippen LogP contribution is 2.18. The minimum atomic E-state index is -0.737. The van der Waals surface area contributed by atoms with E-state index in [1.54, 1.807) is 0 Å². The molecule has 1 aromatic rings. The Morgan fingerprint density at radius 2 is 2.39 bits per heavy atom. The van der Waals surface area contributed by atoms with Gasteiger partial charge in [-0.3, -0.25) is 4.79 Å². The first-order valence-corrected chi connectivity index (χ1v) is 6.42. The van der Waals surface area contributed by atoms with Crippen molar-refractivity contribution in [1.29, 1.82) is 0 Å². The molecule has 1 aliphatic rings. The molecular weight excluding hydrogens is 228 g/mol. The predicted molar refractivity (Wildman–Crippen MR) is 72.1 cm³/mol. The summed E-state index contributed by atoms with van der Waals surface area (Å²) >= 11 is 0. The molecule has 0 bridgehead atoms. The van der Waals surface area contributed by atoms with Crippen molar-refractivity contribution in [3.05, 3.63) is 29.8 Å². The monoisotopic (exact) mass is 248 g/mol. The van der Waals surface area contributed by atoms with Crippen molar-refractivity contribution in [1.82, 2.24) is 5.32 Å². The molecule has 1 heterocycles. The standard InChI is InChI=1S/C14H20N2O2/c1-11-4-2-5-13(8-11)16-7-3-6-15-12(10-16)9-14(17)18/h2,4-5,8,12,15H,3,6-7,9-10H2,1H3,(H,17,18). The number of rotatable bonds is 3. The third kappa shape index (κ3) is 3.47. The number of aryl methyl sites for hydroxylation is 1. The summed E-state index contributed by atoms with van der Waals surface area (Å²) in [7, 11) is 0. The van der Waals surface area contributed by atoms with E-state index in [1.165, 1.54) is 11.3 Å². The highest BCUT2D eigenvalue weighted by Gasteiger charge is 2.20. The molecule has 1 aliphatic heterocycles. The molecule has 1 saturated heterocycles. The van der Waals surface area contributed by atoms with Gasteiger partial charge in [-0.1, -0.05) is 12.1 Å². The van der Waals surface area contributed by atoms with Crippen molar-refractivity contribution in [3.8, 4) is 0 Å². The third-order valence-electron chi connectivity index (χ3n) is 3.27. The molecule has 2 N–H and O–H groups in total. The molecule has 0 radical (unpaired) electrons. The van der Waals surface area contributed by atoms with Gasteiger partial charge in [0.2, 0.25) is 0 Å². The lowest BCUT2D eigenvalue weighted by Gasteiger charge is -2.26. The van der Waals surface area contributed by atoms with E-state index in [4.69, 9.17) is 5.11 Å². The summed E-state index contributed by atoms with van der Waals surface area (Å²) < 4.78 is 0. The van der Waals surface area contributed by atoms with Gasteiger partial charge < -0.3 is 15.3 Å². The SMILES string of the molecule is Cc1cccc(N2CCCNC(CC(=O)O)C2)c1. The van der Waals surface area contributed by atoms with Crippen LogP contribution in [0.4, 0.5) is 5.69 Å². The maximum atomic E-state index is 10.8. The van der Waals surface area contributed by atoms with Crippen LogP contribution in [0.3, 0.4) is 0 Å². The second-order valence-corrected chi connectivity index (χ2v) is 4.89. The van der Waals surface area contributed by atoms with E-state index in [2.05, 4.69) is 41.4 Å². The fraction of sp³-hybridized carbons (Fsp3) is 0.500. The molecule has 0 amide bonds. The molecule has 4 heteroatoms. The number of aliphatic carboxylic acids is 1. The van der Waals surface area contributed by atoms with Crippen LogP contribution in [0, 0.1) is 6.92 Å². The van der Waals surface area contributed by atoms with E-state index in [9.17, 15) is 4.79 Å². The Balaban J connectivity index is 2.09. The summed E-state index contributed by atoms with van der Waals surface area (Å²) in [5.41, 5.74) is 2.42. The van der Waals surface area contributed by atoms with Crippen molar-refractivity contribution in [2.45, 2.75) is 25.8 Å². The van der Waals surface area contributed by atoms with Gasteiger partial charge in [-0.15, -0.1) is 0 Å². The number of nitrogens with zero attached hydrogens (tertiary/aromatic N) is 1. The number of nitrogens with one attached hydrogen (secondary N) is 1. The van der Waals surface area contributed by atoms with E-state index in [0.717, 1.165) is 26.1 Å². The normalized spacial score (nSPS) is 20.5. The lowest BCUT2D eigenvalue weighted by atomic mass is 10.1. The Morgan fingerprint density at radius 1 is 1.56 bits per heavy atom. The van der Waals surface area contributed by atoms with Gasteiger partial charge >= 0.3 is 5.97 Å². The smallest absolute Gasteiger partial charge is 0.304 e. The minimum absolute atomic E-state index is 0.0329. The third-order valence-corrected chi connectivity index (χ3v) is 3.27. The van der Waals surface area contributed by atoms with Crippen LogP contribution in [0.25, 0.3) is 0 Å². The molecule has 2 rings (SSSR count). The molecule has 0 aliphatic carbocycles. The molecule has 1 aromatic carbocycles. The largest absolute Gasteiger partial charge is 0.481 e. The predicted octanol–water partition coefficient (Wildman–Crippen LogP) is 1.64. The number of carboxylic acid groups (broad SMARTS) is 1. The van der Waals surface area contributed by atoms with Gasteiger partial charge in [0.15, 0.2) is 0 Å². The van der Waals surface area contributed by atoms with Crippen molar-refractivity contribution in [2.24, 2.45) is 0 Å². The minimum Gasteiger partial charge on any atom is -0.481 e. The van der Waals surface area contributed by atoms with Crippen molar-refractivity contribution >= 4 is 11.7 Å². The Labute approximate surface area is 108 Å². The zero-order valence-corrected chi connectivity index (χ0v) is 10.7. The highest BCUT2D eigenvalue weighted by atomic mass is 16.4. The van der Waals surface area contributed by atoms with Gasteiger partial charge in [-0.05, 0) is 37.6 Å². The number of hydrogen-bond acceptors (Lipinski definition) is 3. The van der Waals surface area contributed by atoms with Crippen LogP contribution < -0.4 is 10.2 Å². The van der Waals surface area contributed by atoms with Gasteiger partial charge in [0, 0.05) is 24.8 Å². The van der Waals surface area contributed by atoms with E-state index >= 15 is 0 Å². The number of carbonyl (C=O) groups is 1. The molecule has 18 heavy (non-hydrogen) atoms. The van der Waals surface area contributed by atoms with Crippen molar-refractivity contribution in [2.75, 3.05) is 24.5 Å². The van der Waals surface area contributed by atoms with Crippen LogP contribution in [0.2, 0.25) is 0 Å². The van der Waals surface area contributed by atoms with Crippen LogP contribution in [-0.2, 0) is 4.79 Å². The number of benzene rings is 1. The summed E-state index contributed by atoms with van der Waals surface area (Å²) in [5, 5.41) is 12.2. The van der Waals surface area contributed by atoms with Crippen LogP contribution >= 0.6 is 0 Å². The molecule has 1 atom stereocenters. The van der Waals surface area contributed by atoms with Gasteiger partial charge in [-0.25, -0.2) is 0 Å². The fourth-order valence-corrected chi connectivity index (χ4v) is 2.40. The average Bonchev–Trinajstić information content (AvgIpc) is 2.54. The Bertz CT molecular complexity index is 420. The molecule has 98 valence electrons. The number of hydrogen-bond donors (Lipinski definition) is 2. The summed E-state index contributed by atoms with van der Waals surface area (Å²) in [6, 6.07) is 8.41. The maximum absolute atomic E-state index is 10.8. The highest BCUT2D eigenvalue weighted by molar-refractivity contribution is 5.67. The number of anilines is 1. The van der Waals surface area contributed by atoms with E-state index < -0.39 is 5.97 Å². The Morgan fingerprint density at radius 3 is 3.11 bits per heavy atom. The van der Waals surface area contributed by atoms with Gasteiger partial charge in [-0.2, -0.15) is 0 Å². The molecule has 0 spiro atoms. The molecule has 1 fully saturated rings. The summed E-state index contributed by atoms with van der Waals surface area (Å²) in [6.45, 7) is 4.71. The van der Waals surface area contributed by atoms with Crippen LogP contribution in [-0.4, -0.2) is 36.8 Å². The van der Waals surface area contributed by atoms with Gasteiger partial charge in [0.05, 0.1) is 6.42 Å².